The third kappa shape index (κ3) is 5.38. The first-order chi connectivity index (χ1) is 12.6. The molecule has 5 heteroatoms. The molecule has 26 heavy (non-hydrogen) atoms. The summed E-state index contributed by atoms with van der Waals surface area (Å²) >= 11 is 1.66. The van der Waals surface area contributed by atoms with Gasteiger partial charge in [0.2, 0.25) is 5.91 Å². The van der Waals surface area contributed by atoms with Crippen LogP contribution in [0.3, 0.4) is 0 Å². The fourth-order valence-electron chi connectivity index (χ4n) is 2.55. The SMILES string of the molecule is CC(C)OCc1ccc(CNC(=O)CCc2nc3ccccc3s2)cc1. The summed E-state index contributed by atoms with van der Waals surface area (Å²) in [6.45, 7) is 5.22. The second-order valence-corrected chi connectivity index (χ2v) is 7.64. The molecule has 1 amide bonds. The number of aromatic nitrogens is 1. The van der Waals surface area contributed by atoms with Crippen molar-refractivity contribution in [3.05, 3.63) is 64.7 Å². The van der Waals surface area contributed by atoms with Crippen LogP contribution in [0.1, 0.15) is 36.4 Å². The van der Waals surface area contributed by atoms with Crippen LogP contribution in [-0.4, -0.2) is 17.0 Å². The van der Waals surface area contributed by atoms with Crippen LogP contribution >= 0.6 is 11.3 Å². The molecule has 1 aromatic heterocycles. The highest BCUT2D eigenvalue weighted by Crippen LogP contribution is 2.22. The number of hydrogen-bond acceptors (Lipinski definition) is 4. The highest BCUT2D eigenvalue weighted by molar-refractivity contribution is 7.18. The molecule has 1 N–H and O–H groups in total. The fraction of sp³-hybridized carbons (Fsp3) is 0.333. The molecule has 3 aromatic rings. The summed E-state index contributed by atoms with van der Waals surface area (Å²) in [5.74, 6) is 0.0523. The van der Waals surface area contributed by atoms with E-state index >= 15 is 0 Å². The van der Waals surface area contributed by atoms with E-state index in [9.17, 15) is 4.79 Å². The molecule has 0 atom stereocenters. The largest absolute Gasteiger partial charge is 0.374 e. The van der Waals surface area contributed by atoms with E-state index in [1.54, 1.807) is 11.3 Å². The van der Waals surface area contributed by atoms with Crippen molar-refractivity contribution in [2.75, 3.05) is 0 Å². The summed E-state index contributed by atoms with van der Waals surface area (Å²) in [6, 6.07) is 16.2. The molecule has 0 fully saturated rings. The lowest BCUT2D eigenvalue weighted by Gasteiger charge is -2.09. The van der Waals surface area contributed by atoms with Gasteiger partial charge in [0.1, 0.15) is 0 Å². The van der Waals surface area contributed by atoms with Crippen LogP contribution in [0, 0.1) is 0 Å². The van der Waals surface area contributed by atoms with Crippen molar-refractivity contribution in [3.63, 3.8) is 0 Å². The van der Waals surface area contributed by atoms with Crippen molar-refractivity contribution >= 4 is 27.5 Å². The molecule has 0 aliphatic carbocycles. The van der Waals surface area contributed by atoms with E-state index < -0.39 is 0 Å². The average molecular weight is 369 g/mol. The van der Waals surface area contributed by atoms with E-state index in [2.05, 4.69) is 16.4 Å². The average Bonchev–Trinajstić information content (AvgIpc) is 3.07. The second-order valence-electron chi connectivity index (χ2n) is 6.53. The van der Waals surface area contributed by atoms with E-state index in [1.807, 2.05) is 56.3 Å². The lowest BCUT2D eigenvalue weighted by Crippen LogP contribution is -2.22. The Kier molecular flexibility index (Phi) is 6.36. The molecule has 0 saturated heterocycles. The Labute approximate surface area is 158 Å². The van der Waals surface area contributed by atoms with Gasteiger partial charge in [0.15, 0.2) is 0 Å². The molecule has 0 bridgehead atoms. The number of aryl methyl sites for hydroxylation is 1. The molecular formula is C21H24N2O2S. The first-order valence-electron chi connectivity index (χ1n) is 8.91. The number of carbonyl (C=O) groups excluding carboxylic acids is 1. The molecule has 0 aliphatic heterocycles. The zero-order valence-electron chi connectivity index (χ0n) is 15.2. The van der Waals surface area contributed by atoms with Crippen LogP contribution in [0.5, 0.6) is 0 Å². The summed E-state index contributed by atoms with van der Waals surface area (Å²) in [4.78, 5) is 16.7. The van der Waals surface area contributed by atoms with Crippen LogP contribution in [0.4, 0.5) is 0 Å². The fourth-order valence-corrected chi connectivity index (χ4v) is 3.52. The summed E-state index contributed by atoms with van der Waals surface area (Å²) < 4.78 is 6.76. The molecule has 2 aromatic carbocycles. The summed E-state index contributed by atoms with van der Waals surface area (Å²) in [6.07, 6.45) is 1.36. The lowest BCUT2D eigenvalue weighted by molar-refractivity contribution is -0.121. The van der Waals surface area contributed by atoms with Gasteiger partial charge in [-0.2, -0.15) is 0 Å². The summed E-state index contributed by atoms with van der Waals surface area (Å²) in [5, 5.41) is 3.99. The maximum absolute atomic E-state index is 12.1. The predicted molar refractivity (Wildman–Crippen MR) is 106 cm³/mol. The van der Waals surface area contributed by atoms with Gasteiger partial charge in [0.25, 0.3) is 0 Å². The molecule has 0 aliphatic rings. The number of nitrogens with one attached hydrogen (secondary N) is 1. The van der Waals surface area contributed by atoms with Crippen LogP contribution < -0.4 is 5.32 Å². The number of benzene rings is 2. The van der Waals surface area contributed by atoms with Crippen LogP contribution in [0.2, 0.25) is 0 Å². The van der Waals surface area contributed by atoms with Crippen LogP contribution in [0.15, 0.2) is 48.5 Å². The first-order valence-corrected chi connectivity index (χ1v) is 9.72. The zero-order valence-corrected chi connectivity index (χ0v) is 16.0. The minimum Gasteiger partial charge on any atom is -0.374 e. The van der Waals surface area contributed by atoms with Gasteiger partial charge >= 0.3 is 0 Å². The highest BCUT2D eigenvalue weighted by Gasteiger charge is 2.07. The minimum absolute atomic E-state index is 0.0523. The zero-order chi connectivity index (χ0) is 18.4. The molecular weight excluding hydrogens is 344 g/mol. The molecule has 0 spiro atoms. The van der Waals surface area contributed by atoms with E-state index in [-0.39, 0.29) is 12.0 Å². The smallest absolute Gasteiger partial charge is 0.220 e. The predicted octanol–water partition coefficient (Wildman–Crippen LogP) is 4.47. The summed E-state index contributed by atoms with van der Waals surface area (Å²) in [7, 11) is 0. The third-order valence-corrected chi connectivity index (χ3v) is 5.10. The highest BCUT2D eigenvalue weighted by atomic mass is 32.1. The Morgan fingerprint density at radius 1 is 1.12 bits per heavy atom. The van der Waals surface area contributed by atoms with E-state index in [4.69, 9.17) is 4.74 Å². The molecule has 0 saturated carbocycles. The number of nitrogens with zero attached hydrogens (tertiary/aromatic N) is 1. The normalized spacial score (nSPS) is 11.2. The van der Waals surface area contributed by atoms with Gasteiger partial charge in [0, 0.05) is 19.4 Å². The number of carbonyl (C=O) groups is 1. The van der Waals surface area contributed by atoms with Gasteiger partial charge in [0.05, 0.1) is 27.9 Å². The van der Waals surface area contributed by atoms with Gasteiger partial charge in [-0.15, -0.1) is 11.3 Å². The number of hydrogen-bond donors (Lipinski definition) is 1. The van der Waals surface area contributed by atoms with Gasteiger partial charge < -0.3 is 10.1 Å². The minimum atomic E-state index is 0.0523. The molecule has 4 nitrogen and oxygen atoms in total. The Hall–Kier alpha value is -2.24. The second kappa shape index (κ2) is 8.92. The lowest BCUT2D eigenvalue weighted by atomic mass is 10.1. The Morgan fingerprint density at radius 3 is 2.58 bits per heavy atom. The van der Waals surface area contributed by atoms with Gasteiger partial charge in [-0.25, -0.2) is 4.98 Å². The van der Waals surface area contributed by atoms with Gasteiger partial charge in [-0.3, -0.25) is 4.79 Å². The van der Waals surface area contributed by atoms with Gasteiger partial charge in [-0.1, -0.05) is 36.4 Å². The van der Waals surface area contributed by atoms with Crippen molar-refractivity contribution in [1.82, 2.24) is 10.3 Å². The summed E-state index contributed by atoms with van der Waals surface area (Å²) in [5.41, 5.74) is 3.24. The van der Waals surface area contributed by atoms with Crippen molar-refractivity contribution in [1.29, 1.82) is 0 Å². The van der Waals surface area contributed by atoms with Crippen molar-refractivity contribution in [2.24, 2.45) is 0 Å². The molecule has 1 heterocycles. The number of amides is 1. The Balaban J connectivity index is 1.43. The number of fused-ring (bicyclic) bond motifs is 1. The van der Waals surface area contributed by atoms with Crippen LogP contribution in [0.25, 0.3) is 10.2 Å². The number of ether oxygens (including phenoxy) is 1. The maximum atomic E-state index is 12.1. The van der Waals surface area contributed by atoms with E-state index in [0.29, 0.717) is 26.0 Å². The van der Waals surface area contributed by atoms with Gasteiger partial charge in [-0.05, 0) is 37.1 Å². The van der Waals surface area contributed by atoms with Crippen molar-refractivity contribution in [2.45, 2.75) is 45.9 Å². The Bertz CT molecular complexity index is 823. The monoisotopic (exact) mass is 368 g/mol. The van der Waals surface area contributed by atoms with Crippen molar-refractivity contribution in [3.8, 4) is 0 Å². The van der Waals surface area contributed by atoms with Crippen molar-refractivity contribution < 1.29 is 9.53 Å². The first kappa shape index (κ1) is 18.5. The molecule has 136 valence electrons. The molecule has 3 rings (SSSR count). The van der Waals surface area contributed by atoms with E-state index in [1.165, 1.54) is 4.70 Å². The molecule has 0 radical (unpaired) electrons. The number of thiazole rings is 1. The van der Waals surface area contributed by atoms with E-state index in [0.717, 1.165) is 21.7 Å². The van der Waals surface area contributed by atoms with Crippen LogP contribution in [-0.2, 0) is 29.1 Å². The number of para-hydroxylation sites is 1. The standard InChI is InChI=1S/C21H24N2O2S/c1-15(2)25-14-17-9-7-16(8-10-17)13-22-20(24)11-12-21-23-18-5-3-4-6-19(18)26-21/h3-10,15H,11-14H2,1-2H3,(H,22,24). The number of rotatable bonds is 8. The maximum Gasteiger partial charge on any atom is 0.220 e. The quantitative estimate of drug-likeness (QED) is 0.638. The third-order valence-electron chi connectivity index (χ3n) is 4.00. The topological polar surface area (TPSA) is 51.2 Å². The molecule has 0 unspecified atom stereocenters. The Morgan fingerprint density at radius 2 is 1.85 bits per heavy atom.